The Morgan fingerprint density at radius 3 is 2.50 bits per heavy atom. The van der Waals surface area contributed by atoms with Crippen molar-refractivity contribution in [1.29, 1.82) is 0 Å². The van der Waals surface area contributed by atoms with E-state index in [0.29, 0.717) is 17.1 Å². The van der Waals surface area contributed by atoms with E-state index in [1.165, 1.54) is 0 Å². The van der Waals surface area contributed by atoms with Crippen molar-refractivity contribution in [2.75, 3.05) is 5.32 Å². The summed E-state index contributed by atoms with van der Waals surface area (Å²) >= 11 is 0. The van der Waals surface area contributed by atoms with Gasteiger partial charge in [0.05, 0.1) is 23.5 Å². The summed E-state index contributed by atoms with van der Waals surface area (Å²) in [6, 6.07) is 0. The molecule has 7 heteroatoms. The van der Waals surface area contributed by atoms with Crippen molar-refractivity contribution in [2.24, 2.45) is 0 Å². The van der Waals surface area contributed by atoms with E-state index in [9.17, 15) is 18.0 Å². The van der Waals surface area contributed by atoms with Crippen LogP contribution in [-0.2, 0) is 4.79 Å². The minimum absolute atomic E-state index is 0.451. The van der Waals surface area contributed by atoms with Gasteiger partial charge in [-0.3, -0.25) is 9.89 Å². The first-order valence-electron chi connectivity index (χ1n) is 4.68. The Bertz CT molecular complexity index is 364. The van der Waals surface area contributed by atoms with E-state index in [2.05, 4.69) is 15.5 Å². The number of alkyl halides is 3. The number of amides is 1. The number of anilines is 1. The lowest BCUT2D eigenvalue weighted by Crippen LogP contribution is -2.17. The van der Waals surface area contributed by atoms with E-state index in [0.717, 1.165) is 0 Å². The molecule has 0 saturated heterocycles. The lowest BCUT2D eigenvalue weighted by molar-refractivity contribution is -0.142. The van der Waals surface area contributed by atoms with Crippen LogP contribution in [0, 0.1) is 13.8 Å². The molecular formula is C9H12F3N3O. The van der Waals surface area contributed by atoms with Crippen molar-refractivity contribution < 1.29 is 18.0 Å². The monoisotopic (exact) mass is 235 g/mol. The summed E-state index contributed by atoms with van der Waals surface area (Å²) < 4.78 is 35.6. The second kappa shape index (κ2) is 4.54. The molecule has 0 aromatic carbocycles. The number of aryl methyl sites for hydroxylation is 2. The normalized spacial score (nSPS) is 11.6. The van der Waals surface area contributed by atoms with Crippen LogP contribution in [0.2, 0.25) is 0 Å². The molecule has 90 valence electrons. The highest BCUT2D eigenvalue weighted by Gasteiger charge is 2.28. The predicted octanol–water partition coefficient (Wildman–Crippen LogP) is 2.31. The van der Waals surface area contributed by atoms with Gasteiger partial charge in [0.25, 0.3) is 0 Å². The second-order valence-electron chi connectivity index (χ2n) is 3.47. The van der Waals surface area contributed by atoms with E-state index in [1.807, 2.05) is 0 Å². The average Bonchev–Trinajstić information content (AvgIpc) is 2.45. The number of carbonyl (C=O) groups is 1. The highest BCUT2D eigenvalue weighted by molar-refractivity contribution is 5.91. The molecule has 4 nitrogen and oxygen atoms in total. The Morgan fingerprint density at radius 1 is 1.44 bits per heavy atom. The molecule has 0 fully saturated rings. The number of aromatic amines is 1. The Balaban J connectivity index is 2.53. The molecular weight excluding hydrogens is 223 g/mol. The molecule has 0 unspecified atom stereocenters. The lowest BCUT2D eigenvalue weighted by Gasteiger charge is -2.07. The number of nitrogens with zero attached hydrogens (tertiary/aromatic N) is 1. The highest BCUT2D eigenvalue weighted by atomic mass is 19.4. The van der Waals surface area contributed by atoms with E-state index < -0.39 is 24.9 Å². The summed E-state index contributed by atoms with van der Waals surface area (Å²) in [7, 11) is 0. The third-order valence-electron chi connectivity index (χ3n) is 2.03. The van der Waals surface area contributed by atoms with Crippen molar-refractivity contribution >= 4 is 11.6 Å². The molecule has 0 radical (unpaired) electrons. The fraction of sp³-hybridized carbons (Fsp3) is 0.556. The number of rotatable bonds is 3. The van der Waals surface area contributed by atoms with Gasteiger partial charge in [-0.15, -0.1) is 0 Å². The summed E-state index contributed by atoms with van der Waals surface area (Å²) in [5.74, 6) is -0.662. The summed E-state index contributed by atoms with van der Waals surface area (Å²) in [6.07, 6.45) is -6.00. The average molecular weight is 235 g/mol. The molecule has 0 atom stereocenters. The molecule has 1 aromatic heterocycles. The van der Waals surface area contributed by atoms with Gasteiger partial charge in [0.2, 0.25) is 5.91 Å². The largest absolute Gasteiger partial charge is 0.389 e. The zero-order valence-corrected chi connectivity index (χ0v) is 8.90. The van der Waals surface area contributed by atoms with Crippen molar-refractivity contribution in [3.63, 3.8) is 0 Å². The molecule has 0 aliphatic rings. The molecule has 1 rings (SSSR count). The van der Waals surface area contributed by atoms with Crippen molar-refractivity contribution in [3.8, 4) is 0 Å². The first-order chi connectivity index (χ1) is 7.29. The maximum Gasteiger partial charge on any atom is 0.389 e. The van der Waals surface area contributed by atoms with Gasteiger partial charge in [0, 0.05) is 6.42 Å². The number of halogens is 3. The van der Waals surface area contributed by atoms with E-state index in [4.69, 9.17) is 0 Å². The van der Waals surface area contributed by atoms with E-state index in [1.54, 1.807) is 13.8 Å². The van der Waals surface area contributed by atoms with Crippen LogP contribution in [0.3, 0.4) is 0 Å². The molecule has 0 aliphatic heterocycles. The van der Waals surface area contributed by atoms with Crippen LogP contribution in [0.4, 0.5) is 18.9 Å². The third-order valence-corrected chi connectivity index (χ3v) is 2.03. The van der Waals surface area contributed by atoms with Crippen LogP contribution in [0.5, 0.6) is 0 Å². The van der Waals surface area contributed by atoms with Gasteiger partial charge >= 0.3 is 6.18 Å². The number of aromatic nitrogens is 2. The Morgan fingerprint density at radius 2 is 2.06 bits per heavy atom. The van der Waals surface area contributed by atoms with Gasteiger partial charge in [-0.25, -0.2) is 0 Å². The second-order valence-corrected chi connectivity index (χ2v) is 3.47. The van der Waals surface area contributed by atoms with E-state index in [-0.39, 0.29) is 0 Å². The smallest absolute Gasteiger partial charge is 0.323 e. The number of nitrogens with one attached hydrogen (secondary N) is 2. The van der Waals surface area contributed by atoms with Crippen LogP contribution in [0.1, 0.15) is 24.2 Å². The number of hydrogen-bond donors (Lipinski definition) is 2. The summed E-state index contributed by atoms with van der Waals surface area (Å²) in [5, 5.41) is 8.84. The Labute approximate surface area is 90.2 Å². The predicted molar refractivity (Wildman–Crippen MR) is 52.0 cm³/mol. The standard InChI is InChI=1S/C9H12F3N3O/c1-5-8(6(2)15-14-5)13-7(16)3-4-9(10,11)12/h3-4H2,1-2H3,(H,13,16)(H,14,15). The van der Waals surface area contributed by atoms with Crippen LogP contribution >= 0.6 is 0 Å². The fourth-order valence-corrected chi connectivity index (χ4v) is 1.19. The van der Waals surface area contributed by atoms with Crippen molar-refractivity contribution in [2.45, 2.75) is 32.9 Å². The van der Waals surface area contributed by atoms with Gasteiger partial charge in [-0.1, -0.05) is 0 Å². The van der Waals surface area contributed by atoms with Gasteiger partial charge in [-0.05, 0) is 13.8 Å². The van der Waals surface area contributed by atoms with E-state index >= 15 is 0 Å². The topological polar surface area (TPSA) is 57.8 Å². The summed E-state index contributed by atoms with van der Waals surface area (Å²) in [4.78, 5) is 11.2. The molecule has 0 aliphatic carbocycles. The first kappa shape index (κ1) is 12.5. The lowest BCUT2D eigenvalue weighted by atomic mass is 10.2. The fourth-order valence-electron chi connectivity index (χ4n) is 1.19. The number of hydrogen-bond acceptors (Lipinski definition) is 2. The molecule has 1 aromatic rings. The van der Waals surface area contributed by atoms with Crippen LogP contribution in [-0.4, -0.2) is 22.3 Å². The summed E-state index contributed by atoms with van der Waals surface area (Å²) in [5.41, 5.74) is 1.63. The molecule has 0 saturated carbocycles. The van der Waals surface area contributed by atoms with Gasteiger partial charge < -0.3 is 5.32 Å². The van der Waals surface area contributed by atoms with Crippen molar-refractivity contribution in [1.82, 2.24) is 10.2 Å². The number of carbonyl (C=O) groups excluding carboxylic acids is 1. The third kappa shape index (κ3) is 3.56. The molecule has 16 heavy (non-hydrogen) atoms. The van der Waals surface area contributed by atoms with Crippen LogP contribution < -0.4 is 5.32 Å². The molecule has 0 spiro atoms. The van der Waals surface area contributed by atoms with Crippen LogP contribution in [0.15, 0.2) is 0 Å². The zero-order chi connectivity index (χ0) is 12.3. The first-order valence-corrected chi connectivity index (χ1v) is 4.68. The van der Waals surface area contributed by atoms with Crippen LogP contribution in [0.25, 0.3) is 0 Å². The zero-order valence-electron chi connectivity index (χ0n) is 8.90. The minimum Gasteiger partial charge on any atom is -0.323 e. The highest BCUT2D eigenvalue weighted by Crippen LogP contribution is 2.22. The molecule has 2 N–H and O–H groups in total. The quantitative estimate of drug-likeness (QED) is 0.844. The van der Waals surface area contributed by atoms with Gasteiger partial charge in [0.15, 0.2) is 0 Å². The Kier molecular flexibility index (Phi) is 3.56. The number of H-pyrrole nitrogens is 1. The summed E-state index contributed by atoms with van der Waals surface area (Å²) in [6.45, 7) is 3.34. The van der Waals surface area contributed by atoms with Gasteiger partial charge in [0.1, 0.15) is 0 Å². The maximum atomic E-state index is 11.9. The molecule has 1 amide bonds. The maximum absolute atomic E-state index is 11.9. The van der Waals surface area contributed by atoms with Gasteiger partial charge in [-0.2, -0.15) is 18.3 Å². The SMILES string of the molecule is Cc1n[nH]c(C)c1NC(=O)CCC(F)(F)F. The molecule has 0 bridgehead atoms. The Hall–Kier alpha value is -1.53. The van der Waals surface area contributed by atoms with Crippen molar-refractivity contribution in [3.05, 3.63) is 11.4 Å². The minimum atomic E-state index is -4.31. The molecule has 1 heterocycles.